The molecular weight excluding hydrogens is 354 g/mol. The summed E-state index contributed by atoms with van der Waals surface area (Å²) in [5, 5.41) is 8.15. The first-order valence-electron chi connectivity index (χ1n) is 9.13. The highest BCUT2D eigenvalue weighted by atomic mass is 32.2. The second-order valence-corrected chi connectivity index (χ2v) is 8.68. The molecule has 2 heterocycles. The van der Waals surface area contributed by atoms with Crippen molar-refractivity contribution in [2.24, 2.45) is 11.1 Å². The minimum atomic E-state index is -3.88. The lowest BCUT2D eigenvalue weighted by molar-refractivity contribution is 0.0575. The number of amides is 1. The van der Waals surface area contributed by atoms with Gasteiger partial charge in [-0.15, -0.1) is 0 Å². The summed E-state index contributed by atoms with van der Waals surface area (Å²) < 4.78 is 28.3. The van der Waals surface area contributed by atoms with E-state index in [1.807, 2.05) is 0 Å². The highest BCUT2D eigenvalue weighted by molar-refractivity contribution is 7.89. The summed E-state index contributed by atoms with van der Waals surface area (Å²) in [6, 6.07) is 4.61. The monoisotopic (exact) mass is 381 g/mol. The van der Waals surface area contributed by atoms with Gasteiger partial charge in [-0.05, 0) is 62.9 Å². The second kappa shape index (κ2) is 7.94. The third-order valence-corrected chi connectivity index (χ3v) is 6.41. The first-order chi connectivity index (χ1) is 12.4. The lowest BCUT2D eigenvalue weighted by Crippen LogP contribution is -2.51. The van der Waals surface area contributed by atoms with E-state index in [1.54, 1.807) is 0 Å². The summed E-state index contributed by atoms with van der Waals surface area (Å²) in [6.07, 6.45) is 5.95. The average molecular weight is 381 g/mol. The number of benzene rings is 1. The quantitative estimate of drug-likeness (QED) is 0.801. The fraction of sp³-hybridized carbons (Fsp3) is 0.611. The lowest BCUT2D eigenvalue weighted by atomic mass is 9.83. The van der Waals surface area contributed by atoms with Gasteiger partial charge in [0.05, 0.1) is 17.6 Å². The van der Waals surface area contributed by atoms with E-state index in [4.69, 9.17) is 9.88 Å². The number of carbonyl (C=O) groups is 1. The van der Waals surface area contributed by atoms with Crippen LogP contribution < -0.4 is 15.2 Å². The van der Waals surface area contributed by atoms with Crippen molar-refractivity contribution in [3.05, 3.63) is 23.8 Å². The summed E-state index contributed by atoms with van der Waals surface area (Å²) in [5.74, 6) is 0.429. The van der Waals surface area contributed by atoms with Gasteiger partial charge in [-0.1, -0.05) is 6.42 Å². The number of nitrogens with one attached hydrogen (secondary N) is 1. The Bertz CT molecular complexity index is 764. The van der Waals surface area contributed by atoms with E-state index < -0.39 is 10.0 Å². The molecule has 26 heavy (non-hydrogen) atoms. The van der Waals surface area contributed by atoms with Gasteiger partial charge in [0.2, 0.25) is 10.0 Å². The first-order valence-corrected chi connectivity index (χ1v) is 10.7. The number of sulfonamides is 1. The fourth-order valence-electron chi connectivity index (χ4n) is 4.18. The Kier molecular flexibility index (Phi) is 5.84. The SMILES string of the molecule is COc1ccc(S(N)(=O)=O)cc1C(=O)NC[C@H]1CCCN2CCCC[C@H]12. The Morgan fingerprint density at radius 2 is 2.04 bits per heavy atom. The van der Waals surface area contributed by atoms with Gasteiger partial charge in [-0.3, -0.25) is 4.79 Å². The number of carbonyl (C=O) groups excluding carboxylic acids is 1. The van der Waals surface area contributed by atoms with E-state index in [-0.39, 0.29) is 16.4 Å². The summed E-state index contributed by atoms with van der Waals surface area (Å²) in [7, 11) is -2.43. The Labute approximate surface area is 154 Å². The largest absolute Gasteiger partial charge is 0.496 e. The number of nitrogens with zero attached hydrogens (tertiary/aromatic N) is 1. The predicted octanol–water partition coefficient (Wildman–Crippen LogP) is 1.34. The molecule has 1 aromatic rings. The number of methoxy groups -OCH3 is 1. The maximum absolute atomic E-state index is 12.7. The van der Waals surface area contributed by atoms with Crippen molar-refractivity contribution in [3.63, 3.8) is 0 Å². The normalized spacial score (nSPS) is 23.9. The summed E-state index contributed by atoms with van der Waals surface area (Å²) in [5.41, 5.74) is 0.190. The number of hydrogen-bond acceptors (Lipinski definition) is 5. The van der Waals surface area contributed by atoms with Gasteiger partial charge in [0.1, 0.15) is 5.75 Å². The zero-order valence-electron chi connectivity index (χ0n) is 15.1. The van der Waals surface area contributed by atoms with Crippen LogP contribution in [0.2, 0.25) is 0 Å². The molecule has 1 aromatic carbocycles. The van der Waals surface area contributed by atoms with Crippen molar-refractivity contribution in [3.8, 4) is 5.75 Å². The molecule has 2 atom stereocenters. The van der Waals surface area contributed by atoms with Crippen molar-refractivity contribution in [1.29, 1.82) is 0 Å². The van der Waals surface area contributed by atoms with Gasteiger partial charge in [-0.2, -0.15) is 0 Å². The molecule has 8 heteroatoms. The van der Waals surface area contributed by atoms with E-state index in [0.29, 0.717) is 24.3 Å². The molecule has 0 unspecified atom stereocenters. The molecule has 0 aliphatic carbocycles. The number of piperidine rings is 2. The molecule has 1 amide bonds. The first kappa shape index (κ1) is 19.1. The minimum Gasteiger partial charge on any atom is -0.496 e. The van der Waals surface area contributed by atoms with Crippen LogP contribution in [0.3, 0.4) is 0 Å². The molecule has 7 nitrogen and oxygen atoms in total. The van der Waals surface area contributed by atoms with Crippen LogP contribution >= 0.6 is 0 Å². The zero-order valence-corrected chi connectivity index (χ0v) is 15.9. The molecule has 3 N–H and O–H groups in total. The standard InChI is InChI=1S/C18H27N3O4S/c1-25-17-8-7-14(26(19,23)24)11-15(17)18(22)20-12-13-5-4-10-21-9-3-2-6-16(13)21/h7-8,11,13,16H,2-6,9-10,12H2,1H3,(H,20,22)(H2,19,23,24)/t13-,16-/m1/s1. The van der Waals surface area contributed by atoms with E-state index >= 15 is 0 Å². The number of fused-ring (bicyclic) bond motifs is 1. The Morgan fingerprint density at radius 3 is 2.77 bits per heavy atom. The number of rotatable bonds is 5. The molecule has 2 saturated heterocycles. The second-order valence-electron chi connectivity index (χ2n) is 7.12. The van der Waals surface area contributed by atoms with Gasteiger partial charge < -0.3 is 15.0 Å². The van der Waals surface area contributed by atoms with Crippen LogP contribution in [0.15, 0.2) is 23.1 Å². The Balaban J connectivity index is 1.71. The van der Waals surface area contributed by atoms with Gasteiger partial charge in [0.15, 0.2) is 0 Å². The predicted molar refractivity (Wildman–Crippen MR) is 98.6 cm³/mol. The molecule has 2 fully saturated rings. The van der Waals surface area contributed by atoms with Crippen LogP contribution in [0.5, 0.6) is 5.75 Å². The summed E-state index contributed by atoms with van der Waals surface area (Å²) in [6.45, 7) is 2.89. The maximum Gasteiger partial charge on any atom is 0.255 e. The van der Waals surface area contributed by atoms with E-state index in [1.165, 1.54) is 44.6 Å². The smallest absolute Gasteiger partial charge is 0.255 e. The van der Waals surface area contributed by atoms with Gasteiger partial charge in [-0.25, -0.2) is 13.6 Å². The number of nitrogens with two attached hydrogens (primary N) is 1. The fourth-order valence-corrected chi connectivity index (χ4v) is 4.72. The van der Waals surface area contributed by atoms with Crippen LogP contribution in [-0.4, -0.2) is 52.0 Å². The molecule has 2 aliphatic heterocycles. The zero-order chi connectivity index (χ0) is 18.7. The van der Waals surface area contributed by atoms with Crippen molar-refractivity contribution in [2.75, 3.05) is 26.7 Å². The van der Waals surface area contributed by atoms with Crippen LogP contribution in [0.25, 0.3) is 0 Å². The molecular formula is C18H27N3O4S. The van der Waals surface area contributed by atoms with Crippen LogP contribution in [0, 0.1) is 5.92 Å². The van der Waals surface area contributed by atoms with Gasteiger partial charge in [0.25, 0.3) is 5.91 Å². The van der Waals surface area contributed by atoms with E-state index in [2.05, 4.69) is 10.2 Å². The van der Waals surface area contributed by atoms with E-state index in [0.717, 1.165) is 25.9 Å². The van der Waals surface area contributed by atoms with Crippen molar-refractivity contribution in [1.82, 2.24) is 10.2 Å². The van der Waals surface area contributed by atoms with Gasteiger partial charge >= 0.3 is 0 Å². The maximum atomic E-state index is 12.7. The van der Waals surface area contributed by atoms with Crippen LogP contribution in [0.4, 0.5) is 0 Å². The number of primary sulfonamides is 1. The summed E-state index contributed by atoms with van der Waals surface area (Å²) >= 11 is 0. The highest BCUT2D eigenvalue weighted by Gasteiger charge is 2.33. The Morgan fingerprint density at radius 1 is 1.27 bits per heavy atom. The molecule has 0 bridgehead atoms. The molecule has 0 spiro atoms. The Hall–Kier alpha value is -1.64. The van der Waals surface area contributed by atoms with Crippen LogP contribution in [0.1, 0.15) is 42.5 Å². The van der Waals surface area contributed by atoms with Crippen molar-refractivity contribution >= 4 is 15.9 Å². The molecule has 0 aromatic heterocycles. The molecule has 2 aliphatic rings. The topological polar surface area (TPSA) is 102 Å². The van der Waals surface area contributed by atoms with Crippen molar-refractivity contribution in [2.45, 2.75) is 43.0 Å². The molecule has 0 saturated carbocycles. The third-order valence-electron chi connectivity index (χ3n) is 5.50. The number of ether oxygens (including phenoxy) is 1. The van der Waals surface area contributed by atoms with E-state index in [9.17, 15) is 13.2 Å². The summed E-state index contributed by atoms with van der Waals surface area (Å²) in [4.78, 5) is 15.1. The third kappa shape index (κ3) is 4.19. The molecule has 0 radical (unpaired) electrons. The lowest BCUT2D eigenvalue weighted by Gasteiger charge is -2.44. The number of hydrogen-bond donors (Lipinski definition) is 2. The molecule has 144 valence electrons. The minimum absolute atomic E-state index is 0.0976. The average Bonchev–Trinajstić information content (AvgIpc) is 2.64. The van der Waals surface area contributed by atoms with Gasteiger partial charge in [0, 0.05) is 12.6 Å². The highest BCUT2D eigenvalue weighted by Crippen LogP contribution is 2.30. The van der Waals surface area contributed by atoms with Crippen LogP contribution in [-0.2, 0) is 10.0 Å². The van der Waals surface area contributed by atoms with Crippen molar-refractivity contribution < 1.29 is 17.9 Å². The molecule has 3 rings (SSSR count).